The molecule has 0 spiro atoms. The largest absolute Gasteiger partial charge is 0.306 e. The molecule has 0 amide bonds. The first kappa shape index (κ1) is 14.4. The van der Waals surface area contributed by atoms with Crippen LogP contribution in [-0.2, 0) is 13.6 Å². The molecule has 0 saturated heterocycles. The minimum atomic E-state index is 0.130. The Bertz CT molecular complexity index is 578. The lowest BCUT2D eigenvalue weighted by Crippen LogP contribution is -2.18. The molecule has 5 heteroatoms. The number of rotatable bonds is 4. The van der Waals surface area contributed by atoms with Gasteiger partial charge in [0.2, 0.25) is 0 Å². The number of aromatic nitrogens is 2. The molecule has 2 rings (SSSR count). The number of halogens is 2. The van der Waals surface area contributed by atoms with E-state index in [2.05, 4.69) is 17.3 Å². The fourth-order valence-corrected chi connectivity index (χ4v) is 2.50. The number of nitrogens with zero attached hydrogens (tertiary/aromatic N) is 2. The Labute approximate surface area is 123 Å². The van der Waals surface area contributed by atoms with Crippen molar-refractivity contribution in [1.29, 1.82) is 0 Å². The lowest BCUT2D eigenvalue weighted by Gasteiger charge is -2.15. The summed E-state index contributed by atoms with van der Waals surface area (Å²) in [6.45, 7) is 4.83. The molecule has 3 nitrogen and oxygen atoms in total. The van der Waals surface area contributed by atoms with Gasteiger partial charge in [-0.1, -0.05) is 23.2 Å². The molecule has 2 aromatic rings. The summed E-state index contributed by atoms with van der Waals surface area (Å²) in [4.78, 5) is 0. The summed E-state index contributed by atoms with van der Waals surface area (Å²) in [6, 6.07) is 5.65. The molecule has 0 aliphatic carbocycles. The van der Waals surface area contributed by atoms with Crippen molar-refractivity contribution < 1.29 is 0 Å². The number of benzene rings is 1. The summed E-state index contributed by atoms with van der Waals surface area (Å²) >= 11 is 12.2. The summed E-state index contributed by atoms with van der Waals surface area (Å²) in [7, 11) is 1.92. The summed E-state index contributed by atoms with van der Waals surface area (Å²) in [5.41, 5.74) is 3.24. The van der Waals surface area contributed by atoms with Crippen molar-refractivity contribution >= 4 is 23.2 Å². The van der Waals surface area contributed by atoms with Crippen molar-refractivity contribution in [3.05, 3.63) is 51.3 Å². The van der Waals surface area contributed by atoms with E-state index >= 15 is 0 Å². The van der Waals surface area contributed by atoms with Gasteiger partial charge in [0.1, 0.15) is 0 Å². The van der Waals surface area contributed by atoms with E-state index in [0.29, 0.717) is 5.02 Å². The zero-order valence-electron chi connectivity index (χ0n) is 11.2. The summed E-state index contributed by atoms with van der Waals surface area (Å²) in [6.07, 6.45) is 2.02. The molecule has 0 radical (unpaired) electrons. The van der Waals surface area contributed by atoms with Gasteiger partial charge in [0.05, 0.1) is 5.69 Å². The molecule has 1 N–H and O–H groups in total. The molecule has 0 bridgehead atoms. The summed E-state index contributed by atoms with van der Waals surface area (Å²) in [5.74, 6) is 0. The van der Waals surface area contributed by atoms with Crippen LogP contribution in [0.3, 0.4) is 0 Å². The van der Waals surface area contributed by atoms with Gasteiger partial charge in [0.25, 0.3) is 0 Å². The minimum Gasteiger partial charge on any atom is -0.306 e. The van der Waals surface area contributed by atoms with Crippen molar-refractivity contribution in [2.75, 3.05) is 0 Å². The predicted molar refractivity (Wildman–Crippen MR) is 79.7 cm³/mol. The van der Waals surface area contributed by atoms with Crippen LogP contribution >= 0.6 is 23.2 Å². The molecular formula is C14H17Cl2N3. The van der Waals surface area contributed by atoms with Crippen LogP contribution in [0.4, 0.5) is 0 Å². The Morgan fingerprint density at radius 2 is 2.11 bits per heavy atom. The second-order valence-corrected chi connectivity index (χ2v) is 5.53. The van der Waals surface area contributed by atoms with Crippen LogP contribution < -0.4 is 5.32 Å². The number of hydrogen-bond acceptors (Lipinski definition) is 2. The van der Waals surface area contributed by atoms with Gasteiger partial charge in [-0.3, -0.25) is 4.68 Å². The van der Waals surface area contributed by atoms with E-state index in [1.165, 1.54) is 5.56 Å². The third-order valence-corrected chi connectivity index (χ3v) is 3.72. The van der Waals surface area contributed by atoms with Gasteiger partial charge in [-0.25, -0.2) is 0 Å². The molecule has 1 aromatic heterocycles. The number of aryl methyl sites for hydroxylation is 2. The fourth-order valence-electron chi connectivity index (χ4n) is 2.04. The van der Waals surface area contributed by atoms with E-state index in [9.17, 15) is 0 Å². The zero-order valence-corrected chi connectivity index (χ0v) is 12.8. The maximum atomic E-state index is 6.19. The zero-order chi connectivity index (χ0) is 14.0. The van der Waals surface area contributed by atoms with Crippen LogP contribution in [0.5, 0.6) is 0 Å². The standard InChI is InChI=1S/C14H17Cl2N3/c1-9-11(8-19(3)18-9)7-17-10(2)13-6-12(15)4-5-14(13)16/h4-6,8,10,17H,7H2,1-3H3. The Balaban J connectivity index is 2.07. The van der Waals surface area contributed by atoms with Crippen molar-refractivity contribution in [2.45, 2.75) is 26.4 Å². The minimum absolute atomic E-state index is 0.130. The van der Waals surface area contributed by atoms with Gasteiger partial charge in [-0.05, 0) is 37.6 Å². The molecule has 102 valence electrons. The van der Waals surface area contributed by atoms with Gasteiger partial charge in [0, 0.05) is 41.4 Å². The molecule has 1 heterocycles. The molecule has 0 fully saturated rings. The van der Waals surface area contributed by atoms with Crippen LogP contribution in [0.1, 0.15) is 29.8 Å². The molecular weight excluding hydrogens is 281 g/mol. The molecule has 0 aliphatic rings. The van der Waals surface area contributed by atoms with Gasteiger partial charge in [-0.15, -0.1) is 0 Å². The van der Waals surface area contributed by atoms with E-state index in [4.69, 9.17) is 23.2 Å². The molecule has 1 atom stereocenters. The monoisotopic (exact) mass is 297 g/mol. The topological polar surface area (TPSA) is 29.9 Å². The summed E-state index contributed by atoms with van der Waals surface area (Å²) in [5, 5.41) is 9.19. The van der Waals surface area contributed by atoms with E-state index in [0.717, 1.165) is 22.8 Å². The van der Waals surface area contributed by atoms with E-state index in [1.54, 1.807) is 6.07 Å². The van der Waals surface area contributed by atoms with Gasteiger partial charge >= 0.3 is 0 Å². The first-order valence-corrected chi connectivity index (χ1v) is 6.90. The normalized spacial score (nSPS) is 12.7. The van der Waals surface area contributed by atoms with Crippen LogP contribution in [0.25, 0.3) is 0 Å². The lowest BCUT2D eigenvalue weighted by atomic mass is 10.1. The van der Waals surface area contributed by atoms with Crippen LogP contribution in [-0.4, -0.2) is 9.78 Å². The van der Waals surface area contributed by atoms with Gasteiger partial charge in [-0.2, -0.15) is 5.10 Å². The quantitative estimate of drug-likeness (QED) is 0.928. The van der Waals surface area contributed by atoms with E-state index < -0.39 is 0 Å². The molecule has 1 aromatic carbocycles. The highest BCUT2D eigenvalue weighted by atomic mass is 35.5. The first-order valence-electron chi connectivity index (χ1n) is 6.15. The Morgan fingerprint density at radius 3 is 2.74 bits per heavy atom. The SMILES string of the molecule is Cc1nn(C)cc1CNC(C)c1cc(Cl)ccc1Cl. The lowest BCUT2D eigenvalue weighted by molar-refractivity contribution is 0.573. The van der Waals surface area contributed by atoms with E-state index in [1.807, 2.05) is 37.0 Å². The van der Waals surface area contributed by atoms with Crippen LogP contribution in [0, 0.1) is 6.92 Å². The number of hydrogen-bond donors (Lipinski definition) is 1. The first-order chi connectivity index (χ1) is 8.97. The second kappa shape index (κ2) is 5.95. The maximum Gasteiger partial charge on any atom is 0.0638 e. The van der Waals surface area contributed by atoms with Crippen LogP contribution in [0.2, 0.25) is 10.0 Å². The summed E-state index contributed by atoms with van der Waals surface area (Å²) < 4.78 is 1.82. The van der Waals surface area contributed by atoms with Crippen molar-refractivity contribution in [3.63, 3.8) is 0 Å². The highest BCUT2D eigenvalue weighted by Crippen LogP contribution is 2.26. The Hall–Kier alpha value is -1.03. The maximum absolute atomic E-state index is 6.19. The third kappa shape index (κ3) is 3.50. The highest BCUT2D eigenvalue weighted by molar-refractivity contribution is 6.33. The molecule has 0 aliphatic heterocycles. The Kier molecular flexibility index (Phi) is 4.50. The smallest absolute Gasteiger partial charge is 0.0638 e. The van der Waals surface area contributed by atoms with Crippen LogP contribution in [0.15, 0.2) is 24.4 Å². The van der Waals surface area contributed by atoms with Crippen molar-refractivity contribution in [1.82, 2.24) is 15.1 Å². The number of nitrogens with one attached hydrogen (secondary N) is 1. The third-order valence-electron chi connectivity index (χ3n) is 3.14. The average Bonchev–Trinajstić information content (AvgIpc) is 2.68. The van der Waals surface area contributed by atoms with Gasteiger partial charge in [0.15, 0.2) is 0 Å². The molecule has 0 saturated carbocycles. The van der Waals surface area contributed by atoms with Gasteiger partial charge < -0.3 is 5.32 Å². The fraction of sp³-hybridized carbons (Fsp3) is 0.357. The molecule has 19 heavy (non-hydrogen) atoms. The van der Waals surface area contributed by atoms with E-state index in [-0.39, 0.29) is 6.04 Å². The van der Waals surface area contributed by atoms with Crippen molar-refractivity contribution in [2.24, 2.45) is 7.05 Å². The highest BCUT2D eigenvalue weighted by Gasteiger charge is 2.11. The predicted octanol–water partition coefficient (Wildman–Crippen LogP) is 3.89. The molecule has 1 unspecified atom stereocenters. The average molecular weight is 298 g/mol. The Morgan fingerprint density at radius 1 is 1.37 bits per heavy atom. The second-order valence-electron chi connectivity index (χ2n) is 4.68. The van der Waals surface area contributed by atoms with Crippen molar-refractivity contribution in [3.8, 4) is 0 Å².